The first-order valence-electron chi connectivity index (χ1n) is 7.94. The van der Waals surface area contributed by atoms with Crippen molar-refractivity contribution in [3.63, 3.8) is 0 Å². The molecule has 5 nitrogen and oxygen atoms in total. The van der Waals surface area contributed by atoms with E-state index in [1.54, 1.807) is 18.2 Å². The van der Waals surface area contributed by atoms with Crippen molar-refractivity contribution >= 4 is 23.3 Å². The van der Waals surface area contributed by atoms with E-state index in [9.17, 15) is 9.18 Å². The Morgan fingerprint density at radius 3 is 2.46 bits per heavy atom. The van der Waals surface area contributed by atoms with Crippen LogP contribution in [0.15, 0.2) is 60.9 Å². The van der Waals surface area contributed by atoms with Crippen molar-refractivity contribution < 1.29 is 9.18 Å². The highest BCUT2D eigenvalue weighted by Crippen LogP contribution is 2.14. The van der Waals surface area contributed by atoms with E-state index < -0.39 is 0 Å². The van der Waals surface area contributed by atoms with Crippen molar-refractivity contribution in [2.45, 2.75) is 13.1 Å². The lowest BCUT2D eigenvalue weighted by molar-refractivity contribution is 0.0945. The van der Waals surface area contributed by atoms with Gasteiger partial charge in [0.1, 0.15) is 17.3 Å². The van der Waals surface area contributed by atoms with E-state index in [0.717, 1.165) is 11.1 Å². The number of hydrogen-bond acceptors (Lipinski definition) is 4. The van der Waals surface area contributed by atoms with E-state index in [1.165, 1.54) is 24.5 Å². The average Bonchev–Trinajstić information content (AvgIpc) is 2.67. The predicted octanol–water partition coefficient (Wildman–Crippen LogP) is 3.81. The summed E-state index contributed by atoms with van der Waals surface area (Å²) in [5.74, 6) is -0.0832. The van der Waals surface area contributed by atoms with Gasteiger partial charge in [-0.2, -0.15) is 0 Å². The molecule has 0 aliphatic rings. The van der Waals surface area contributed by atoms with Gasteiger partial charge in [0.25, 0.3) is 5.91 Å². The van der Waals surface area contributed by atoms with Crippen LogP contribution in [0.4, 0.5) is 10.2 Å². The molecule has 0 atom stereocenters. The van der Waals surface area contributed by atoms with Gasteiger partial charge in [0.2, 0.25) is 0 Å². The Hall–Kier alpha value is -2.99. The molecular weight excluding hydrogens is 355 g/mol. The Balaban J connectivity index is 1.54. The Morgan fingerprint density at radius 1 is 1.00 bits per heavy atom. The summed E-state index contributed by atoms with van der Waals surface area (Å²) in [6.07, 6.45) is 2.88. The summed E-state index contributed by atoms with van der Waals surface area (Å²) in [7, 11) is 0. The highest BCUT2D eigenvalue weighted by atomic mass is 35.5. The molecular formula is C19H16ClFN4O. The van der Waals surface area contributed by atoms with E-state index in [4.69, 9.17) is 11.6 Å². The van der Waals surface area contributed by atoms with Crippen LogP contribution >= 0.6 is 11.6 Å². The number of hydrogen-bond donors (Lipinski definition) is 2. The van der Waals surface area contributed by atoms with Gasteiger partial charge in [-0.05, 0) is 29.3 Å². The molecule has 3 aromatic rings. The molecule has 0 aliphatic carbocycles. The fraction of sp³-hybridized carbons (Fsp3) is 0.105. The molecule has 0 spiro atoms. The maximum Gasteiger partial charge on any atom is 0.271 e. The zero-order valence-electron chi connectivity index (χ0n) is 13.7. The minimum Gasteiger partial charge on any atom is -0.365 e. The first-order chi connectivity index (χ1) is 12.6. The van der Waals surface area contributed by atoms with Gasteiger partial charge < -0.3 is 10.6 Å². The highest BCUT2D eigenvalue weighted by molar-refractivity contribution is 6.31. The Morgan fingerprint density at radius 2 is 1.77 bits per heavy atom. The van der Waals surface area contributed by atoms with Crippen LogP contribution in [-0.4, -0.2) is 15.9 Å². The summed E-state index contributed by atoms with van der Waals surface area (Å²) in [6, 6.07) is 13.5. The van der Waals surface area contributed by atoms with E-state index >= 15 is 0 Å². The fourth-order valence-corrected chi connectivity index (χ4v) is 2.44. The molecule has 2 aromatic carbocycles. The van der Waals surface area contributed by atoms with Crippen molar-refractivity contribution in [3.05, 3.63) is 88.6 Å². The molecule has 1 aromatic heterocycles. The summed E-state index contributed by atoms with van der Waals surface area (Å²) < 4.78 is 12.9. The molecule has 2 N–H and O–H groups in total. The normalized spacial score (nSPS) is 10.4. The summed E-state index contributed by atoms with van der Waals surface area (Å²) in [5.41, 5.74) is 1.95. The Labute approximate surface area is 155 Å². The van der Waals surface area contributed by atoms with Gasteiger partial charge in [-0.25, -0.2) is 14.4 Å². The second kappa shape index (κ2) is 8.40. The van der Waals surface area contributed by atoms with Crippen molar-refractivity contribution in [1.29, 1.82) is 0 Å². The number of aromatic nitrogens is 2. The van der Waals surface area contributed by atoms with Crippen molar-refractivity contribution in [2.24, 2.45) is 0 Å². The van der Waals surface area contributed by atoms with Crippen LogP contribution in [0, 0.1) is 5.82 Å². The summed E-state index contributed by atoms with van der Waals surface area (Å²) in [5, 5.41) is 6.42. The van der Waals surface area contributed by atoms with Crippen molar-refractivity contribution in [2.75, 3.05) is 5.32 Å². The predicted molar refractivity (Wildman–Crippen MR) is 98.4 cm³/mol. The third-order valence-corrected chi connectivity index (χ3v) is 4.04. The van der Waals surface area contributed by atoms with Crippen LogP contribution in [0.2, 0.25) is 5.02 Å². The SMILES string of the molecule is O=C(NCc1ccccc1Cl)c1cnc(NCc2ccc(F)cc2)cn1. The van der Waals surface area contributed by atoms with Crippen LogP contribution in [0.3, 0.4) is 0 Å². The molecule has 132 valence electrons. The first-order valence-corrected chi connectivity index (χ1v) is 8.31. The third-order valence-electron chi connectivity index (χ3n) is 3.67. The van der Waals surface area contributed by atoms with E-state index in [0.29, 0.717) is 23.9 Å². The van der Waals surface area contributed by atoms with E-state index in [-0.39, 0.29) is 17.4 Å². The summed E-state index contributed by atoms with van der Waals surface area (Å²) in [6.45, 7) is 0.789. The lowest BCUT2D eigenvalue weighted by Gasteiger charge is -2.08. The lowest BCUT2D eigenvalue weighted by atomic mass is 10.2. The topological polar surface area (TPSA) is 66.9 Å². The number of nitrogens with one attached hydrogen (secondary N) is 2. The molecule has 0 bridgehead atoms. The van der Waals surface area contributed by atoms with Gasteiger partial charge in [-0.3, -0.25) is 4.79 Å². The Kier molecular flexibility index (Phi) is 5.76. The fourth-order valence-electron chi connectivity index (χ4n) is 2.24. The second-order valence-electron chi connectivity index (χ2n) is 5.54. The second-order valence-corrected chi connectivity index (χ2v) is 5.95. The van der Waals surface area contributed by atoms with Crippen molar-refractivity contribution in [1.82, 2.24) is 15.3 Å². The smallest absolute Gasteiger partial charge is 0.271 e. The number of rotatable bonds is 6. The standard InChI is InChI=1S/C19H16ClFN4O/c20-16-4-2-1-3-14(16)10-25-19(26)17-11-24-18(12-22-17)23-9-13-5-7-15(21)8-6-13/h1-8,11-12H,9-10H2,(H,23,24)(H,25,26). The largest absolute Gasteiger partial charge is 0.365 e. The molecule has 7 heteroatoms. The first kappa shape index (κ1) is 17.8. The zero-order chi connectivity index (χ0) is 18.4. The van der Waals surface area contributed by atoms with Gasteiger partial charge >= 0.3 is 0 Å². The number of halogens is 2. The average molecular weight is 371 g/mol. The Bertz CT molecular complexity index is 885. The lowest BCUT2D eigenvalue weighted by Crippen LogP contribution is -2.24. The monoisotopic (exact) mass is 370 g/mol. The number of anilines is 1. The zero-order valence-corrected chi connectivity index (χ0v) is 14.5. The molecule has 0 aliphatic heterocycles. The number of amides is 1. The number of carbonyl (C=O) groups is 1. The minimum absolute atomic E-state index is 0.212. The van der Waals surface area contributed by atoms with Crippen LogP contribution < -0.4 is 10.6 Å². The molecule has 0 unspecified atom stereocenters. The third kappa shape index (κ3) is 4.77. The van der Waals surface area contributed by atoms with Crippen LogP contribution in [0.1, 0.15) is 21.6 Å². The van der Waals surface area contributed by atoms with Gasteiger partial charge in [0.15, 0.2) is 0 Å². The molecule has 0 radical (unpaired) electrons. The van der Waals surface area contributed by atoms with Gasteiger partial charge in [0, 0.05) is 18.1 Å². The van der Waals surface area contributed by atoms with Crippen LogP contribution in [0.25, 0.3) is 0 Å². The number of carbonyl (C=O) groups excluding carboxylic acids is 1. The maximum absolute atomic E-state index is 12.9. The molecule has 1 heterocycles. The van der Waals surface area contributed by atoms with Crippen LogP contribution in [0.5, 0.6) is 0 Å². The molecule has 3 rings (SSSR count). The minimum atomic E-state index is -0.331. The van der Waals surface area contributed by atoms with E-state index in [1.807, 2.05) is 18.2 Å². The van der Waals surface area contributed by atoms with E-state index in [2.05, 4.69) is 20.6 Å². The molecule has 26 heavy (non-hydrogen) atoms. The molecule has 0 fully saturated rings. The summed E-state index contributed by atoms with van der Waals surface area (Å²) >= 11 is 6.06. The molecule has 1 amide bonds. The van der Waals surface area contributed by atoms with Gasteiger partial charge in [-0.15, -0.1) is 0 Å². The molecule has 0 saturated carbocycles. The van der Waals surface area contributed by atoms with Crippen LogP contribution in [-0.2, 0) is 13.1 Å². The quantitative estimate of drug-likeness (QED) is 0.692. The summed E-state index contributed by atoms with van der Waals surface area (Å²) in [4.78, 5) is 20.4. The maximum atomic E-state index is 12.9. The number of benzene rings is 2. The number of nitrogens with zero attached hydrogens (tertiary/aromatic N) is 2. The van der Waals surface area contributed by atoms with Gasteiger partial charge in [0.05, 0.1) is 12.4 Å². The highest BCUT2D eigenvalue weighted by Gasteiger charge is 2.09. The van der Waals surface area contributed by atoms with Crippen molar-refractivity contribution in [3.8, 4) is 0 Å². The molecule has 0 saturated heterocycles. The van der Waals surface area contributed by atoms with Gasteiger partial charge in [-0.1, -0.05) is 41.9 Å².